The Balaban J connectivity index is 1.82. The lowest BCUT2D eigenvalue weighted by molar-refractivity contribution is -0.144. The summed E-state index contributed by atoms with van der Waals surface area (Å²) in [7, 11) is 0. The van der Waals surface area contributed by atoms with E-state index in [1.54, 1.807) is 19.2 Å². The van der Waals surface area contributed by atoms with Crippen LogP contribution in [0.2, 0.25) is 0 Å². The van der Waals surface area contributed by atoms with Crippen LogP contribution in [-0.2, 0) is 15.3 Å². The Morgan fingerprint density at radius 3 is 3.10 bits per heavy atom. The molecule has 7 nitrogen and oxygen atoms in total. The lowest BCUT2D eigenvalue weighted by atomic mass is 10.3. The molecule has 0 aliphatic rings. The van der Waals surface area contributed by atoms with Crippen molar-refractivity contribution in [2.45, 2.75) is 18.7 Å². The zero-order valence-electron chi connectivity index (χ0n) is 11.6. The van der Waals surface area contributed by atoms with Crippen LogP contribution in [0.25, 0.3) is 11.5 Å². The van der Waals surface area contributed by atoms with E-state index < -0.39 is 12.0 Å². The van der Waals surface area contributed by atoms with E-state index in [1.807, 2.05) is 12.1 Å². The number of hydrogen-bond acceptors (Lipinski definition) is 8. The van der Waals surface area contributed by atoms with Crippen molar-refractivity contribution in [3.05, 3.63) is 30.3 Å². The fourth-order valence-electron chi connectivity index (χ4n) is 1.50. The van der Waals surface area contributed by atoms with Crippen molar-refractivity contribution < 1.29 is 14.1 Å². The molecule has 0 saturated carbocycles. The number of rotatable bonds is 7. The molecule has 0 aliphatic carbocycles. The van der Waals surface area contributed by atoms with Gasteiger partial charge in [-0.3, -0.25) is 9.78 Å². The van der Waals surface area contributed by atoms with E-state index in [-0.39, 0.29) is 0 Å². The first-order valence-electron chi connectivity index (χ1n) is 6.44. The van der Waals surface area contributed by atoms with E-state index in [0.717, 1.165) is 0 Å². The van der Waals surface area contributed by atoms with Gasteiger partial charge in [-0.15, -0.1) is 11.8 Å². The van der Waals surface area contributed by atoms with Crippen LogP contribution in [0.5, 0.6) is 0 Å². The lowest BCUT2D eigenvalue weighted by Crippen LogP contribution is -2.34. The smallest absolute Gasteiger partial charge is 0.323 e. The summed E-state index contributed by atoms with van der Waals surface area (Å²) in [5, 5.41) is 3.86. The minimum atomic E-state index is -0.645. The zero-order chi connectivity index (χ0) is 15.1. The first-order chi connectivity index (χ1) is 10.2. The van der Waals surface area contributed by atoms with E-state index in [4.69, 9.17) is 15.0 Å². The lowest BCUT2D eigenvalue weighted by Gasteiger charge is -2.08. The number of aromatic nitrogens is 3. The van der Waals surface area contributed by atoms with Crippen molar-refractivity contribution in [2.24, 2.45) is 5.73 Å². The van der Waals surface area contributed by atoms with Crippen LogP contribution in [0.3, 0.4) is 0 Å². The van der Waals surface area contributed by atoms with Gasteiger partial charge >= 0.3 is 5.97 Å². The predicted octanol–water partition coefficient (Wildman–Crippen LogP) is 1.26. The van der Waals surface area contributed by atoms with Gasteiger partial charge < -0.3 is 15.0 Å². The quantitative estimate of drug-likeness (QED) is 0.762. The maximum absolute atomic E-state index is 11.4. The van der Waals surface area contributed by atoms with Gasteiger partial charge in [0, 0.05) is 11.9 Å². The molecule has 0 bridgehead atoms. The Labute approximate surface area is 126 Å². The summed E-state index contributed by atoms with van der Waals surface area (Å²) in [4.78, 5) is 19.7. The van der Waals surface area contributed by atoms with Crippen molar-refractivity contribution in [3.8, 4) is 11.5 Å². The summed E-state index contributed by atoms with van der Waals surface area (Å²) in [6.45, 7) is 2.07. The number of ether oxygens (including phenoxy) is 1. The molecule has 21 heavy (non-hydrogen) atoms. The SMILES string of the molecule is CCOC(=O)C(N)CSCc1nc(-c2ccccn2)no1. The topological polar surface area (TPSA) is 104 Å². The second kappa shape index (κ2) is 7.75. The van der Waals surface area contributed by atoms with Crippen LogP contribution in [0, 0.1) is 0 Å². The summed E-state index contributed by atoms with van der Waals surface area (Å²) in [5.74, 6) is 1.43. The highest BCUT2D eigenvalue weighted by atomic mass is 32.2. The van der Waals surface area contributed by atoms with Crippen molar-refractivity contribution in [1.82, 2.24) is 15.1 Å². The number of thioether (sulfide) groups is 1. The number of carbonyl (C=O) groups is 1. The minimum Gasteiger partial charge on any atom is -0.465 e. The third-order valence-corrected chi connectivity index (χ3v) is 3.52. The fraction of sp³-hybridized carbons (Fsp3) is 0.385. The van der Waals surface area contributed by atoms with Crippen molar-refractivity contribution in [1.29, 1.82) is 0 Å². The number of pyridine rings is 1. The van der Waals surface area contributed by atoms with E-state index in [2.05, 4.69) is 15.1 Å². The molecule has 0 aromatic carbocycles. The van der Waals surface area contributed by atoms with E-state index >= 15 is 0 Å². The molecule has 0 amide bonds. The number of carbonyl (C=O) groups excluding carboxylic acids is 1. The van der Waals surface area contributed by atoms with Crippen LogP contribution >= 0.6 is 11.8 Å². The maximum Gasteiger partial charge on any atom is 0.323 e. The number of hydrogen-bond donors (Lipinski definition) is 1. The number of esters is 1. The van der Waals surface area contributed by atoms with Gasteiger partial charge in [-0.05, 0) is 19.1 Å². The van der Waals surface area contributed by atoms with E-state index in [0.29, 0.717) is 35.5 Å². The molecule has 0 saturated heterocycles. The fourth-order valence-corrected chi connectivity index (χ4v) is 2.30. The van der Waals surface area contributed by atoms with Gasteiger partial charge in [-0.1, -0.05) is 11.2 Å². The van der Waals surface area contributed by atoms with Gasteiger partial charge in [0.05, 0.1) is 12.4 Å². The molecule has 1 unspecified atom stereocenters. The molecule has 2 aromatic rings. The molecule has 0 aliphatic heterocycles. The highest BCUT2D eigenvalue weighted by Gasteiger charge is 2.15. The van der Waals surface area contributed by atoms with Crippen LogP contribution in [-0.4, -0.2) is 39.5 Å². The average Bonchev–Trinajstić information content (AvgIpc) is 2.97. The molecule has 0 spiro atoms. The summed E-state index contributed by atoms with van der Waals surface area (Å²) < 4.78 is 9.96. The highest BCUT2D eigenvalue weighted by molar-refractivity contribution is 7.98. The zero-order valence-corrected chi connectivity index (χ0v) is 12.4. The molecule has 8 heteroatoms. The Kier molecular flexibility index (Phi) is 5.70. The average molecular weight is 308 g/mol. The molecule has 2 rings (SSSR count). The van der Waals surface area contributed by atoms with Gasteiger partial charge in [0.15, 0.2) is 0 Å². The van der Waals surface area contributed by atoms with Crippen molar-refractivity contribution in [2.75, 3.05) is 12.4 Å². The highest BCUT2D eigenvalue weighted by Crippen LogP contribution is 2.16. The summed E-state index contributed by atoms with van der Waals surface area (Å²) in [6.07, 6.45) is 1.67. The number of nitrogens with two attached hydrogens (primary N) is 1. The Morgan fingerprint density at radius 2 is 2.38 bits per heavy atom. The molecule has 112 valence electrons. The molecular formula is C13H16N4O3S. The van der Waals surface area contributed by atoms with Gasteiger partial charge in [-0.25, -0.2) is 0 Å². The summed E-state index contributed by atoms with van der Waals surface area (Å²) >= 11 is 1.43. The second-order valence-electron chi connectivity index (χ2n) is 4.10. The third-order valence-electron chi connectivity index (χ3n) is 2.47. The van der Waals surface area contributed by atoms with Crippen LogP contribution in [0.1, 0.15) is 12.8 Å². The van der Waals surface area contributed by atoms with Crippen LogP contribution in [0.15, 0.2) is 28.9 Å². The Bertz CT molecular complexity index is 576. The van der Waals surface area contributed by atoms with Crippen LogP contribution < -0.4 is 5.73 Å². The first-order valence-corrected chi connectivity index (χ1v) is 7.60. The molecule has 0 radical (unpaired) electrons. The molecule has 2 N–H and O–H groups in total. The molecular weight excluding hydrogens is 292 g/mol. The Hall–Kier alpha value is -1.93. The van der Waals surface area contributed by atoms with E-state index in [1.165, 1.54) is 11.8 Å². The first kappa shape index (κ1) is 15.5. The summed E-state index contributed by atoms with van der Waals surface area (Å²) in [6, 6.07) is 4.83. The molecule has 1 atom stereocenters. The van der Waals surface area contributed by atoms with Gasteiger partial charge in [0.25, 0.3) is 0 Å². The third kappa shape index (κ3) is 4.54. The second-order valence-corrected chi connectivity index (χ2v) is 5.13. The largest absolute Gasteiger partial charge is 0.465 e. The van der Waals surface area contributed by atoms with Gasteiger partial charge in [0.2, 0.25) is 11.7 Å². The maximum atomic E-state index is 11.4. The van der Waals surface area contributed by atoms with Crippen molar-refractivity contribution >= 4 is 17.7 Å². The number of nitrogens with zero attached hydrogens (tertiary/aromatic N) is 3. The normalized spacial score (nSPS) is 12.1. The molecule has 2 heterocycles. The van der Waals surface area contributed by atoms with Gasteiger partial charge in [0.1, 0.15) is 11.7 Å². The summed E-state index contributed by atoms with van der Waals surface area (Å²) in [5.41, 5.74) is 6.35. The monoisotopic (exact) mass is 308 g/mol. The predicted molar refractivity (Wildman–Crippen MR) is 78.3 cm³/mol. The molecule has 2 aromatic heterocycles. The van der Waals surface area contributed by atoms with Gasteiger partial charge in [-0.2, -0.15) is 4.98 Å². The standard InChI is InChI=1S/C13H16N4O3S/c1-2-19-13(18)9(14)7-21-8-11-16-12(17-20-11)10-5-3-4-6-15-10/h3-6,9H,2,7-8,14H2,1H3. The Morgan fingerprint density at radius 1 is 1.52 bits per heavy atom. The minimum absolute atomic E-state index is 0.328. The molecule has 0 fully saturated rings. The van der Waals surface area contributed by atoms with E-state index in [9.17, 15) is 4.79 Å². The van der Waals surface area contributed by atoms with Crippen molar-refractivity contribution in [3.63, 3.8) is 0 Å². The van der Waals surface area contributed by atoms with Crippen LogP contribution in [0.4, 0.5) is 0 Å².